The molecule has 0 radical (unpaired) electrons. The quantitative estimate of drug-likeness (QED) is 0.740. The van der Waals surface area contributed by atoms with Gasteiger partial charge in [0.25, 0.3) is 0 Å². The van der Waals surface area contributed by atoms with E-state index in [1.54, 1.807) is 0 Å². The number of carbonyl (C=O) groups excluding carboxylic acids is 1. The first-order valence-electron chi connectivity index (χ1n) is 5.73. The highest BCUT2D eigenvalue weighted by Crippen LogP contribution is 2.28. The number of hydrogen-bond donors (Lipinski definition) is 2. The number of nitrogens with one attached hydrogen (secondary N) is 1. The SMILES string of the molecule is CC(C)(C)OC(=O)N[C@@H](CCC(F)(F)C(F)F)C(=O)O. The third-order valence-corrected chi connectivity index (χ3v) is 2.07. The van der Waals surface area contributed by atoms with Crippen LogP contribution in [-0.2, 0) is 9.53 Å². The zero-order valence-corrected chi connectivity index (χ0v) is 11.3. The highest BCUT2D eigenvalue weighted by atomic mass is 19.3. The molecule has 0 unspecified atom stereocenters. The van der Waals surface area contributed by atoms with Gasteiger partial charge in [0.05, 0.1) is 0 Å². The average molecular weight is 303 g/mol. The van der Waals surface area contributed by atoms with Crippen molar-refractivity contribution in [1.29, 1.82) is 0 Å². The van der Waals surface area contributed by atoms with E-state index in [0.29, 0.717) is 0 Å². The summed E-state index contributed by atoms with van der Waals surface area (Å²) in [5.74, 6) is -5.91. The molecule has 0 rings (SSSR count). The number of carboxylic acid groups (broad SMARTS) is 1. The maximum Gasteiger partial charge on any atom is 0.408 e. The molecule has 0 heterocycles. The van der Waals surface area contributed by atoms with Crippen molar-refractivity contribution in [2.75, 3.05) is 0 Å². The lowest BCUT2D eigenvalue weighted by Crippen LogP contribution is -2.44. The molecule has 0 fully saturated rings. The summed E-state index contributed by atoms with van der Waals surface area (Å²) in [5.41, 5.74) is -0.903. The lowest BCUT2D eigenvalue weighted by Gasteiger charge is -2.23. The van der Waals surface area contributed by atoms with Gasteiger partial charge in [-0.05, 0) is 27.2 Å². The molecule has 0 aliphatic heterocycles. The third-order valence-electron chi connectivity index (χ3n) is 2.07. The van der Waals surface area contributed by atoms with Gasteiger partial charge in [0.2, 0.25) is 0 Å². The number of alkyl halides is 4. The molecular formula is C11H17F4NO4. The summed E-state index contributed by atoms with van der Waals surface area (Å²) in [6, 6.07) is -1.73. The molecular weight excluding hydrogens is 286 g/mol. The van der Waals surface area contributed by atoms with Gasteiger partial charge in [-0.15, -0.1) is 0 Å². The average Bonchev–Trinajstić information content (AvgIpc) is 2.20. The second-order valence-electron chi connectivity index (χ2n) is 5.14. The van der Waals surface area contributed by atoms with Crippen LogP contribution in [0.1, 0.15) is 33.6 Å². The predicted octanol–water partition coefficient (Wildman–Crippen LogP) is 2.64. The molecule has 0 aromatic heterocycles. The van der Waals surface area contributed by atoms with Crippen LogP contribution in [-0.4, -0.2) is 41.2 Å². The van der Waals surface area contributed by atoms with Crippen molar-refractivity contribution in [1.82, 2.24) is 5.32 Å². The molecule has 2 N–H and O–H groups in total. The maximum atomic E-state index is 12.7. The van der Waals surface area contributed by atoms with Gasteiger partial charge < -0.3 is 15.2 Å². The first-order valence-corrected chi connectivity index (χ1v) is 5.73. The first kappa shape index (κ1) is 18.5. The molecule has 0 aliphatic carbocycles. The van der Waals surface area contributed by atoms with Crippen molar-refractivity contribution in [3.05, 3.63) is 0 Å². The number of aliphatic carboxylic acids is 1. The fraction of sp³-hybridized carbons (Fsp3) is 0.818. The second-order valence-corrected chi connectivity index (χ2v) is 5.14. The second kappa shape index (κ2) is 6.76. The van der Waals surface area contributed by atoms with Crippen molar-refractivity contribution in [2.24, 2.45) is 0 Å². The minimum atomic E-state index is -4.30. The van der Waals surface area contributed by atoms with Gasteiger partial charge >= 0.3 is 24.4 Å². The van der Waals surface area contributed by atoms with E-state index in [-0.39, 0.29) is 0 Å². The Labute approximate surface area is 113 Å². The van der Waals surface area contributed by atoms with E-state index in [1.807, 2.05) is 5.32 Å². The Morgan fingerprint density at radius 3 is 2.10 bits per heavy atom. The summed E-state index contributed by atoms with van der Waals surface area (Å²) < 4.78 is 54.0. The number of hydrogen-bond acceptors (Lipinski definition) is 3. The molecule has 0 bridgehead atoms. The fourth-order valence-corrected chi connectivity index (χ4v) is 1.15. The Morgan fingerprint density at radius 1 is 1.25 bits per heavy atom. The van der Waals surface area contributed by atoms with Crippen molar-refractivity contribution in [3.63, 3.8) is 0 Å². The van der Waals surface area contributed by atoms with Crippen LogP contribution in [0.4, 0.5) is 22.4 Å². The van der Waals surface area contributed by atoms with Crippen LogP contribution in [0.2, 0.25) is 0 Å². The highest BCUT2D eigenvalue weighted by Gasteiger charge is 2.41. The molecule has 0 aliphatic rings. The van der Waals surface area contributed by atoms with E-state index in [0.717, 1.165) is 0 Å². The van der Waals surface area contributed by atoms with E-state index < -0.39 is 48.9 Å². The van der Waals surface area contributed by atoms with Gasteiger partial charge in [-0.25, -0.2) is 27.2 Å². The Kier molecular flexibility index (Phi) is 6.24. The van der Waals surface area contributed by atoms with Crippen LogP contribution in [0.15, 0.2) is 0 Å². The van der Waals surface area contributed by atoms with Gasteiger partial charge in [-0.2, -0.15) is 0 Å². The van der Waals surface area contributed by atoms with Crippen molar-refractivity contribution >= 4 is 12.1 Å². The van der Waals surface area contributed by atoms with Gasteiger partial charge in [-0.1, -0.05) is 0 Å². The smallest absolute Gasteiger partial charge is 0.408 e. The number of ether oxygens (including phenoxy) is 1. The van der Waals surface area contributed by atoms with E-state index in [9.17, 15) is 27.2 Å². The lowest BCUT2D eigenvalue weighted by molar-refractivity contribution is -0.145. The molecule has 9 heteroatoms. The minimum absolute atomic E-state index is 0.841. The first-order chi connectivity index (χ1) is 8.85. The standard InChI is InChI=1S/C11H17F4NO4/c1-10(2,3)20-9(19)16-6(7(17)18)4-5-11(14,15)8(12)13/h6,8H,4-5H2,1-3H3,(H,16,19)(H,17,18)/t6-/m0/s1. The van der Waals surface area contributed by atoms with Gasteiger partial charge in [0.1, 0.15) is 11.6 Å². The lowest BCUT2D eigenvalue weighted by atomic mass is 10.1. The molecule has 1 atom stereocenters. The molecule has 0 saturated heterocycles. The summed E-state index contributed by atoms with van der Waals surface area (Å²) >= 11 is 0. The van der Waals surface area contributed by atoms with E-state index in [4.69, 9.17) is 9.84 Å². The van der Waals surface area contributed by atoms with Crippen LogP contribution in [0.5, 0.6) is 0 Å². The van der Waals surface area contributed by atoms with Gasteiger partial charge in [-0.3, -0.25) is 0 Å². The number of amides is 1. The molecule has 20 heavy (non-hydrogen) atoms. The number of halogens is 4. The largest absolute Gasteiger partial charge is 0.480 e. The van der Waals surface area contributed by atoms with Crippen LogP contribution in [0, 0.1) is 0 Å². The van der Waals surface area contributed by atoms with Crippen molar-refractivity contribution in [2.45, 2.75) is 57.6 Å². The predicted molar refractivity (Wildman–Crippen MR) is 61.0 cm³/mol. The number of rotatable bonds is 6. The maximum absolute atomic E-state index is 12.7. The Morgan fingerprint density at radius 2 is 1.75 bits per heavy atom. The van der Waals surface area contributed by atoms with Gasteiger partial charge in [0.15, 0.2) is 0 Å². The molecule has 1 amide bonds. The number of carboxylic acids is 1. The third kappa shape index (κ3) is 7.15. The Balaban J connectivity index is 4.53. The topological polar surface area (TPSA) is 75.6 Å². The summed E-state index contributed by atoms with van der Waals surface area (Å²) in [6.07, 6.45) is -7.22. The molecule has 0 saturated carbocycles. The Bertz CT molecular complexity index is 355. The summed E-state index contributed by atoms with van der Waals surface area (Å²) in [6.45, 7) is 4.56. The van der Waals surface area contributed by atoms with Crippen LogP contribution in [0.3, 0.4) is 0 Å². The normalized spacial score (nSPS) is 14.0. The summed E-state index contributed by atoms with van der Waals surface area (Å²) in [7, 11) is 0. The zero-order valence-electron chi connectivity index (χ0n) is 11.3. The fourth-order valence-electron chi connectivity index (χ4n) is 1.15. The van der Waals surface area contributed by atoms with Crippen LogP contribution in [0.25, 0.3) is 0 Å². The van der Waals surface area contributed by atoms with Crippen LogP contribution < -0.4 is 5.32 Å². The molecule has 0 aromatic carbocycles. The molecule has 0 aromatic rings. The number of carbonyl (C=O) groups is 2. The van der Waals surface area contributed by atoms with E-state index in [2.05, 4.69) is 0 Å². The summed E-state index contributed by atoms with van der Waals surface area (Å²) in [4.78, 5) is 22.1. The zero-order chi connectivity index (χ0) is 16.1. The highest BCUT2D eigenvalue weighted by molar-refractivity contribution is 5.79. The van der Waals surface area contributed by atoms with E-state index >= 15 is 0 Å². The van der Waals surface area contributed by atoms with Crippen molar-refractivity contribution < 1.29 is 37.0 Å². The monoisotopic (exact) mass is 303 g/mol. The molecule has 0 spiro atoms. The molecule has 118 valence electrons. The van der Waals surface area contributed by atoms with Crippen molar-refractivity contribution in [3.8, 4) is 0 Å². The molecule has 5 nitrogen and oxygen atoms in total. The summed E-state index contributed by atoms with van der Waals surface area (Å²) in [5, 5.41) is 10.6. The minimum Gasteiger partial charge on any atom is -0.480 e. The number of alkyl carbamates (subject to hydrolysis) is 1. The van der Waals surface area contributed by atoms with E-state index in [1.165, 1.54) is 20.8 Å². The van der Waals surface area contributed by atoms with Gasteiger partial charge in [0, 0.05) is 6.42 Å². The Hall–Kier alpha value is -1.54. The van der Waals surface area contributed by atoms with Crippen LogP contribution >= 0.6 is 0 Å².